The number of rotatable bonds is 7. The number of para-hydroxylation sites is 1. The Morgan fingerprint density at radius 1 is 1.19 bits per heavy atom. The zero-order chi connectivity index (χ0) is 22.8. The summed E-state index contributed by atoms with van der Waals surface area (Å²) in [7, 11) is -3.67. The highest BCUT2D eigenvalue weighted by atomic mass is 32.2. The molecule has 0 atom stereocenters. The number of hydrogen-bond donors (Lipinski definition) is 1. The summed E-state index contributed by atoms with van der Waals surface area (Å²) >= 11 is 0. The normalized spacial score (nSPS) is 14.2. The van der Waals surface area contributed by atoms with Crippen LogP contribution in [0.1, 0.15) is 43.7 Å². The summed E-state index contributed by atoms with van der Waals surface area (Å²) in [4.78, 5) is 26.5. The highest BCUT2D eigenvalue weighted by Crippen LogP contribution is 2.30. The lowest BCUT2D eigenvalue weighted by molar-refractivity contribution is -0.117. The van der Waals surface area contributed by atoms with E-state index in [1.165, 1.54) is 0 Å². The highest BCUT2D eigenvalue weighted by Gasteiger charge is 2.25. The summed E-state index contributed by atoms with van der Waals surface area (Å²) in [6, 6.07) is 12.6. The van der Waals surface area contributed by atoms with Gasteiger partial charge in [-0.25, -0.2) is 8.42 Å². The Labute approximate surface area is 184 Å². The molecule has 1 aliphatic rings. The third kappa shape index (κ3) is 5.25. The van der Waals surface area contributed by atoms with Crippen molar-refractivity contribution in [3.63, 3.8) is 0 Å². The Balaban J connectivity index is 1.80. The standard InChI is InChI=1S/C23H29N3O4S/c1-16(2)19-8-5-6-9-21(19)26(31(4,29)30)15-22(27)24-18-11-12-20(17(3)14-18)25-13-7-10-23(25)28/h5-6,8-9,11-12,14,16H,7,10,13,15H2,1-4H3,(H,24,27). The van der Waals surface area contributed by atoms with Gasteiger partial charge >= 0.3 is 0 Å². The molecule has 8 heteroatoms. The van der Waals surface area contributed by atoms with Crippen molar-refractivity contribution in [3.05, 3.63) is 53.6 Å². The average molecular weight is 444 g/mol. The Bertz CT molecular complexity index is 1100. The lowest BCUT2D eigenvalue weighted by Gasteiger charge is -2.25. The molecular formula is C23H29N3O4S. The number of carbonyl (C=O) groups is 2. The van der Waals surface area contributed by atoms with Gasteiger partial charge in [0.05, 0.1) is 11.9 Å². The molecule has 0 aliphatic carbocycles. The average Bonchev–Trinajstić information content (AvgIpc) is 3.11. The molecule has 0 saturated carbocycles. The Hall–Kier alpha value is -2.87. The second kappa shape index (κ2) is 9.09. The van der Waals surface area contributed by atoms with E-state index in [2.05, 4.69) is 5.32 Å². The van der Waals surface area contributed by atoms with Crippen molar-refractivity contribution in [1.82, 2.24) is 0 Å². The van der Waals surface area contributed by atoms with E-state index in [-0.39, 0.29) is 18.4 Å². The fourth-order valence-corrected chi connectivity index (χ4v) is 4.73. The van der Waals surface area contributed by atoms with Gasteiger partial charge in [0, 0.05) is 24.3 Å². The van der Waals surface area contributed by atoms with Crippen LogP contribution in [0.2, 0.25) is 0 Å². The van der Waals surface area contributed by atoms with Gasteiger partial charge in [0.15, 0.2) is 0 Å². The molecule has 0 unspecified atom stereocenters. The lowest BCUT2D eigenvalue weighted by Crippen LogP contribution is -2.38. The molecule has 7 nitrogen and oxygen atoms in total. The van der Waals surface area contributed by atoms with Gasteiger partial charge in [0.1, 0.15) is 6.54 Å². The molecular weight excluding hydrogens is 414 g/mol. The van der Waals surface area contributed by atoms with Crippen LogP contribution in [0.4, 0.5) is 17.1 Å². The quantitative estimate of drug-likeness (QED) is 0.708. The van der Waals surface area contributed by atoms with Crippen molar-refractivity contribution >= 4 is 38.9 Å². The van der Waals surface area contributed by atoms with E-state index >= 15 is 0 Å². The number of aryl methyl sites for hydroxylation is 1. The molecule has 1 aliphatic heterocycles. The van der Waals surface area contributed by atoms with Gasteiger partial charge in [-0.2, -0.15) is 0 Å². The molecule has 0 bridgehead atoms. The van der Waals surface area contributed by atoms with Gasteiger partial charge in [-0.3, -0.25) is 13.9 Å². The number of benzene rings is 2. The number of carbonyl (C=O) groups excluding carboxylic acids is 2. The number of anilines is 3. The second-order valence-electron chi connectivity index (χ2n) is 8.18. The molecule has 1 fully saturated rings. The summed E-state index contributed by atoms with van der Waals surface area (Å²) < 4.78 is 26.1. The fraction of sp³-hybridized carbons (Fsp3) is 0.391. The maximum atomic E-state index is 12.7. The van der Waals surface area contributed by atoms with Crippen molar-refractivity contribution < 1.29 is 18.0 Å². The number of nitrogens with one attached hydrogen (secondary N) is 1. The first-order valence-electron chi connectivity index (χ1n) is 10.4. The van der Waals surface area contributed by atoms with Crippen LogP contribution in [0, 0.1) is 6.92 Å². The van der Waals surface area contributed by atoms with Gasteiger partial charge in [-0.05, 0) is 54.7 Å². The van der Waals surface area contributed by atoms with Crippen LogP contribution in [0.3, 0.4) is 0 Å². The van der Waals surface area contributed by atoms with Gasteiger partial charge < -0.3 is 10.2 Å². The molecule has 0 radical (unpaired) electrons. The van der Waals surface area contributed by atoms with Crippen molar-refractivity contribution in [2.45, 2.75) is 39.5 Å². The van der Waals surface area contributed by atoms with E-state index in [1.807, 2.05) is 39.0 Å². The molecule has 2 aromatic rings. The van der Waals surface area contributed by atoms with Gasteiger partial charge in [0.25, 0.3) is 0 Å². The van der Waals surface area contributed by atoms with Crippen molar-refractivity contribution in [1.29, 1.82) is 0 Å². The zero-order valence-corrected chi connectivity index (χ0v) is 19.2. The van der Waals surface area contributed by atoms with Crippen LogP contribution >= 0.6 is 0 Å². The van der Waals surface area contributed by atoms with Crippen LogP contribution in [0.5, 0.6) is 0 Å². The van der Waals surface area contributed by atoms with E-state index in [9.17, 15) is 18.0 Å². The first-order chi connectivity index (χ1) is 14.6. The van der Waals surface area contributed by atoms with Crippen LogP contribution in [-0.2, 0) is 19.6 Å². The van der Waals surface area contributed by atoms with E-state index < -0.39 is 15.9 Å². The number of amides is 2. The fourth-order valence-electron chi connectivity index (χ4n) is 3.85. The molecule has 1 heterocycles. The molecule has 2 aromatic carbocycles. The minimum atomic E-state index is -3.67. The summed E-state index contributed by atoms with van der Waals surface area (Å²) in [6.07, 6.45) is 2.50. The van der Waals surface area contributed by atoms with E-state index in [0.717, 1.165) is 33.8 Å². The summed E-state index contributed by atoms with van der Waals surface area (Å²) in [6.45, 7) is 6.22. The number of nitrogens with zero attached hydrogens (tertiary/aromatic N) is 2. The SMILES string of the molecule is Cc1cc(NC(=O)CN(c2ccccc2C(C)C)S(C)(=O)=O)ccc1N1CCCC1=O. The topological polar surface area (TPSA) is 86.8 Å². The van der Waals surface area contributed by atoms with Crippen LogP contribution in [-0.4, -0.2) is 39.6 Å². The summed E-state index contributed by atoms with van der Waals surface area (Å²) in [5.74, 6) is -0.229. The second-order valence-corrected chi connectivity index (χ2v) is 10.1. The predicted molar refractivity (Wildman–Crippen MR) is 124 cm³/mol. The van der Waals surface area contributed by atoms with E-state index in [4.69, 9.17) is 0 Å². The molecule has 3 rings (SSSR count). The van der Waals surface area contributed by atoms with Crippen molar-refractivity contribution in [2.75, 3.05) is 33.9 Å². The summed E-state index contributed by atoms with van der Waals surface area (Å²) in [5, 5.41) is 2.78. The lowest BCUT2D eigenvalue weighted by atomic mass is 10.0. The highest BCUT2D eigenvalue weighted by molar-refractivity contribution is 7.92. The maximum Gasteiger partial charge on any atom is 0.245 e. The molecule has 31 heavy (non-hydrogen) atoms. The first-order valence-corrected chi connectivity index (χ1v) is 12.2. The van der Waals surface area contributed by atoms with E-state index in [0.29, 0.717) is 24.3 Å². The van der Waals surface area contributed by atoms with Crippen LogP contribution in [0.25, 0.3) is 0 Å². The minimum Gasteiger partial charge on any atom is -0.325 e. The molecule has 1 N–H and O–H groups in total. The van der Waals surface area contributed by atoms with Crippen molar-refractivity contribution in [2.24, 2.45) is 0 Å². The third-order valence-electron chi connectivity index (χ3n) is 5.36. The Morgan fingerprint density at radius 2 is 1.90 bits per heavy atom. The first kappa shape index (κ1) is 22.8. The Morgan fingerprint density at radius 3 is 2.48 bits per heavy atom. The Kier molecular flexibility index (Phi) is 6.69. The number of hydrogen-bond acceptors (Lipinski definition) is 4. The number of sulfonamides is 1. The van der Waals surface area contributed by atoms with E-state index in [1.54, 1.807) is 29.2 Å². The largest absolute Gasteiger partial charge is 0.325 e. The molecule has 0 aromatic heterocycles. The minimum absolute atomic E-state index is 0.104. The van der Waals surface area contributed by atoms with Gasteiger partial charge in [-0.15, -0.1) is 0 Å². The van der Waals surface area contributed by atoms with Gasteiger partial charge in [-0.1, -0.05) is 32.0 Å². The predicted octanol–water partition coefficient (Wildman–Crippen LogP) is 3.65. The van der Waals surface area contributed by atoms with Gasteiger partial charge in [0.2, 0.25) is 21.8 Å². The molecule has 1 saturated heterocycles. The smallest absolute Gasteiger partial charge is 0.245 e. The molecule has 0 spiro atoms. The maximum absolute atomic E-state index is 12.7. The third-order valence-corrected chi connectivity index (χ3v) is 6.49. The van der Waals surface area contributed by atoms with Crippen LogP contribution in [0.15, 0.2) is 42.5 Å². The van der Waals surface area contributed by atoms with Crippen LogP contribution < -0.4 is 14.5 Å². The van der Waals surface area contributed by atoms with Crippen molar-refractivity contribution in [3.8, 4) is 0 Å². The summed E-state index contributed by atoms with van der Waals surface area (Å²) in [5.41, 5.74) is 3.64. The molecule has 2 amide bonds. The molecule has 166 valence electrons. The zero-order valence-electron chi connectivity index (χ0n) is 18.4. The monoisotopic (exact) mass is 443 g/mol.